The first-order valence-corrected chi connectivity index (χ1v) is 4.65. The van der Waals surface area contributed by atoms with Crippen molar-refractivity contribution < 1.29 is 9.90 Å². The number of carboxylic acid groups (broad SMARTS) is 1. The zero-order chi connectivity index (χ0) is 10.3. The second-order valence-electron chi connectivity index (χ2n) is 3.34. The summed E-state index contributed by atoms with van der Waals surface area (Å²) in [7, 11) is 4.01. The normalized spacial score (nSPS) is 11.2. The summed E-state index contributed by atoms with van der Waals surface area (Å²) in [5.41, 5.74) is 0. The number of carboxylic acids is 1. The molecule has 0 radical (unpaired) electrons. The summed E-state index contributed by atoms with van der Waals surface area (Å²) in [4.78, 5) is 14.5. The van der Waals surface area contributed by atoms with Crippen LogP contribution in [0.15, 0.2) is 0 Å². The van der Waals surface area contributed by atoms with Crippen LogP contribution in [0.25, 0.3) is 0 Å². The third-order valence-electron chi connectivity index (χ3n) is 2.11. The van der Waals surface area contributed by atoms with Gasteiger partial charge in [0.15, 0.2) is 0 Å². The number of aliphatic carboxylic acids is 1. The molecule has 0 aromatic heterocycles. The summed E-state index contributed by atoms with van der Waals surface area (Å²) in [6, 6.07) is 0. The van der Waals surface area contributed by atoms with E-state index in [9.17, 15) is 4.79 Å². The van der Waals surface area contributed by atoms with Gasteiger partial charge in [0, 0.05) is 19.6 Å². The van der Waals surface area contributed by atoms with Crippen LogP contribution in [0.4, 0.5) is 0 Å². The molecule has 0 amide bonds. The number of nitrogens with zero attached hydrogens (tertiary/aromatic N) is 2. The molecule has 0 aromatic carbocycles. The summed E-state index contributed by atoms with van der Waals surface area (Å²) in [5.74, 6) is -0.726. The highest BCUT2D eigenvalue weighted by atomic mass is 16.4. The molecule has 0 aliphatic carbocycles. The smallest absolute Gasteiger partial charge is 0.304 e. The molecule has 0 heterocycles. The average molecular weight is 188 g/mol. The van der Waals surface area contributed by atoms with E-state index in [1.165, 1.54) is 0 Å². The third kappa shape index (κ3) is 7.74. The van der Waals surface area contributed by atoms with Gasteiger partial charge in [0.1, 0.15) is 0 Å². The lowest BCUT2D eigenvalue weighted by atomic mass is 10.4. The van der Waals surface area contributed by atoms with Crippen LogP contribution in [0, 0.1) is 0 Å². The maximum absolute atomic E-state index is 10.3. The van der Waals surface area contributed by atoms with Crippen LogP contribution < -0.4 is 0 Å². The van der Waals surface area contributed by atoms with E-state index in [4.69, 9.17) is 5.11 Å². The van der Waals surface area contributed by atoms with Crippen molar-refractivity contribution in [3.63, 3.8) is 0 Å². The van der Waals surface area contributed by atoms with Gasteiger partial charge in [-0.3, -0.25) is 4.79 Å². The van der Waals surface area contributed by atoms with Gasteiger partial charge in [-0.2, -0.15) is 0 Å². The number of likely N-dealkylation sites (N-methyl/N-ethyl adjacent to an activating group) is 2. The van der Waals surface area contributed by atoms with Crippen molar-refractivity contribution in [2.45, 2.75) is 13.3 Å². The van der Waals surface area contributed by atoms with Crippen molar-refractivity contribution in [2.24, 2.45) is 0 Å². The minimum absolute atomic E-state index is 0.229. The Morgan fingerprint density at radius 2 is 1.69 bits per heavy atom. The van der Waals surface area contributed by atoms with Crippen molar-refractivity contribution in [1.82, 2.24) is 9.80 Å². The van der Waals surface area contributed by atoms with E-state index >= 15 is 0 Å². The summed E-state index contributed by atoms with van der Waals surface area (Å²) in [6.07, 6.45) is 0.229. The van der Waals surface area contributed by atoms with Gasteiger partial charge in [-0.05, 0) is 20.6 Å². The first kappa shape index (κ1) is 12.4. The quantitative estimate of drug-likeness (QED) is 0.626. The topological polar surface area (TPSA) is 43.8 Å². The highest BCUT2D eigenvalue weighted by molar-refractivity contribution is 5.66. The lowest BCUT2D eigenvalue weighted by Crippen LogP contribution is -2.31. The van der Waals surface area contributed by atoms with Gasteiger partial charge in [-0.1, -0.05) is 6.92 Å². The largest absolute Gasteiger partial charge is 0.481 e. The lowest BCUT2D eigenvalue weighted by molar-refractivity contribution is -0.137. The Kier molecular flexibility index (Phi) is 6.54. The predicted octanol–water partition coefficient (Wildman–Crippen LogP) is 0.345. The van der Waals surface area contributed by atoms with Gasteiger partial charge in [-0.15, -0.1) is 0 Å². The Morgan fingerprint density at radius 1 is 1.15 bits per heavy atom. The van der Waals surface area contributed by atoms with Gasteiger partial charge in [0.25, 0.3) is 0 Å². The fourth-order valence-electron chi connectivity index (χ4n) is 0.898. The van der Waals surface area contributed by atoms with E-state index < -0.39 is 5.97 Å². The molecule has 4 nitrogen and oxygen atoms in total. The van der Waals surface area contributed by atoms with Gasteiger partial charge in [0.05, 0.1) is 6.42 Å². The molecule has 0 aromatic rings. The molecule has 0 atom stereocenters. The monoisotopic (exact) mass is 188 g/mol. The Balaban J connectivity index is 3.39. The lowest BCUT2D eigenvalue weighted by Gasteiger charge is -2.19. The van der Waals surface area contributed by atoms with Crippen molar-refractivity contribution in [3.05, 3.63) is 0 Å². The minimum Gasteiger partial charge on any atom is -0.481 e. The Morgan fingerprint density at radius 3 is 2.15 bits per heavy atom. The van der Waals surface area contributed by atoms with E-state index in [0.29, 0.717) is 6.54 Å². The number of hydrogen-bond donors (Lipinski definition) is 1. The summed E-state index contributed by atoms with van der Waals surface area (Å²) in [5, 5.41) is 8.45. The molecule has 78 valence electrons. The van der Waals surface area contributed by atoms with Crippen molar-refractivity contribution in [1.29, 1.82) is 0 Å². The first-order valence-electron chi connectivity index (χ1n) is 4.65. The van der Waals surface area contributed by atoms with Crippen LogP contribution in [0.1, 0.15) is 13.3 Å². The SMILES string of the molecule is CCN(C)CCN(C)CCC(=O)O. The van der Waals surface area contributed by atoms with E-state index in [2.05, 4.69) is 18.9 Å². The number of rotatable bonds is 7. The molecule has 0 saturated heterocycles. The molecule has 0 unspecified atom stereocenters. The van der Waals surface area contributed by atoms with Crippen molar-refractivity contribution in [3.8, 4) is 0 Å². The highest BCUT2D eigenvalue weighted by Gasteiger charge is 2.02. The number of carbonyl (C=O) groups is 1. The molecule has 0 aliphatic rings. The van der Waals surface area contributed by atoms with Crippen LogP contribution in [0.2, 0.25) is 0 Å². The molecule has 0 fully saturated rings. The average Bonchev–Trinajstić information content (AvgIpc) is 2.10. The summed E-state index contributed by atoms with van der Waals surface area (Å²) in [6.45, 7) is 5.70. The Bertz CT molecular complexity index is 151. The molecule has 0 spiro atoms. The second kappa shape index (κ2) is 6.86. The summed E-state index contributed by atoms with van der Waals surface area (Å²) >= 11 is 0. The molecule has 4 heteroatoms. The zero-order valence-electron chi connectivity index (χ0n) is 8.79. The van der Waals surface area contributed by atoms with Crippen LogP contribution in [0.5, 0.6) is 0 Å². The van der Waals surface area contributed by atoms with Gasteiger partial charge >= 0.3 is 5.97 Å². The molecule has 0 bridgehead atoms. The maximum atomic E-state index is 10.3. The molecular weight excluding hydrogens is 168 g/mol. The Hall–Kier alpha value is -0.610. The van der Waals surface area contributed by atoms with Gasteiger partial charge < -0.3 is 14.9 Å². The molecule has 0 rings (SSSR count). The van der Waals surface area contributed by atoms with Crippen LogP contribution >= 0.6 is 0 Å². The second-order valence-corrected chi connectivity index (χ2v) is 3.34. The summed E-state index contributed by atoms with van der Waals surface area (Å²) < 4.78 is 0. The molecule has 0 aliphatic heterocycles. The van der Waals surface area contributed by atoms with E-state index in [-0.39, 0.29) is 6.42 Å². The predicted molar refractivity (Wildman–Crippen MR) is 52.9 cm³/mol. The first-order chi connectivity index (χ1) is 6.06. The van der Waals surface area contributed by atoms with Crippen molar-refractivity contribution in [2.75, 3.05) is 40.3 Å². The minimum atomic E-state index is -0.726. The van der Waals surface area contributed by atoms with Gasteiger partial charge in [-0.25, -0.2) is 0 Å². The fraction of sp³-hybridized carbons (Fsp3) is 0.889. The van der Waals surface area contributed by atoms with Crippen LogP contribution in [0.3, 0.4) is 0 Å². The zero-order valence-corrected chi connectivity index (χ0v) is 8.79. The maximum Gasteiger partial charge on any atom is 0.304 e. The molecule has 1 N–H and O–H groups in total. The van der Waals surface area contributed by atoms with E-state index in [1.807, 2.05) is 11.9 Å². The molecular formula is C9H20N2O2. The molecule has 13 heavy (non-hydrogen) atoms. The van der Waals surface area contributed by atoms with Crippen LogP contribution in [-0.2, 0) is 4.79 Å². The van der Waals surface area contributed by atoms with E-state index in [1.54, 1.807) is 0 Å². The van der Waals surface area contributed by atoms with Gasteiger partial charge in [0.2, 0.25) is 0 Å². The van der Waals surface area contributed by atoms with Crippen molar-refractivity contribution >= 4 is 5.97 Å². The fourth-order valence-corrected chi connectivity index (χ4v) is 0.898. The highest BCUT2D eigenvalue weighted by Crippen LogP contribution is 1.89. The molecule has 0 saturated carbocycles. The third-order valence-corrected chi connectivity index (χ3v) is 2.11. The van der Waals surface area contributed by atoms with Crippen LogP contribution in [-0.4, -0.2) is 61.2 Å². The number of hydrogen-bond acceptors (Lipinski definition) is 3. The Labute approximate surface area is 80.1 Å². The standard InChI is InChI=1S/C9H20N2O2/c1-4-10(2)7-8-11(3)6-5-9(12)13/h4-8H2,1-3H3,(H,12,13). The van der Waals surface area contributed by atoms with E-state index in [0.717, 1.165) is 19.6 Å².